The van der Waals surface area contributed by atoms with Gasteiger partial charge in [0.1, 0.15) is 0 Å². The van der Waals surface area contributed by atoms with Gasteiger partial charge in [-0.1, -0.05) is 37.3 Å². The molecular weight excluding hydrogens is 274 g/mol. The molecule has 0 spiro atoms. The minimum absolute atomic E-state index is 0.0783. The van der Waals surface area contributed by atoms with Crippen molar-refractivity contribution in [1.29, 1.82) is 0 Å². The lowest BCUT2D eigenvalue weighted by Gasteiger charge is -2.11. The van der Waals surface area contributed by atoms with Crippen molar-refractivity contribution in [3.05, 3.63) is 58.9 Å². The van der Waals surface area contributed by atoms with Crippen molar-refractivity contribution < 1.29 is 4.79 Å². The van der Waals surface area contributed by atoms with Crippen molar-refractivity contribution in [2.24, 2.45) is 7.05 Å². The monoisotopic (exact) mass is 297 g/mol. The number of amides is 1. The second kappa shape index (κ2) is 7.07. The highest BCUT2D eigenvalue weighted by Gasteiger charge is 2.08. The molecule has 1 heterocycles. The van der Waals surface area contributed by atoms with E-state index in [0.29, 0.717) is 12.5 Å². The van der Waals surface area contributed by atoms with Crippen LogP contribution in [0.2, 0.25) is 0 Å². The fraction of sp³-hybridized carbons (Fsp3) is 0.333. The van der Waals surface area contributed by atoms with Gasteiger partial charge in [-0.15, -0.1) is 0 Å². The van der Waals surface area contributed by atoms with E-state index in [-0.39, 0.29) is 5.91 Å². The standard InChI is InChI=1S/C18H23N3O/c1-13(16-8-6-5-7-9-16)12-19-18(22)11-10-17-14(2)20-21(4)15(17)3/h5-11,13H,12H2,1-4H3,(H,19,22)/b11-10+. The average molecular weight is 297 g/mol. The van der Waals surface area contributed by atoms with Crippen LogP contribution in [-0.4, -0.2) is 22.2 Å². The van der Waals surface area contributed by atoms with Crippen LogP contribution in [0, 0.1) is 13.8 Å². The molecule has 1 atom stereocenters. The van der Waals surface area contributed by atoms with Gasteiger partial charge < -0.3 is 5.32 Å². The van der Waals surface area contributed by atoms with Gasteiger partial charge in [-0.05, 0) is 31.4 Å². The highest BCUT2D eigenvalue weighted by molar-refractivity contribution is 5.92. The molecule has 1 aromatic carbocycles. The van der Waals surface area contributed by atoms with Gasteiger partial charge in [-0.2, -0.15) is 5.10 Å². The molecule has 0 bridgehead atoms. The van der Waals surface area contributed by atoms with Gasteiger partial charge in [0.05, 0.1) is 5.69 Å². The van der Waals surface area contributed by atoms with Crippen LogP contribution in [0.3, 0.4) is 0 Å². The molecule has 116 valence electrons. The van der Waals surface area contributed by atoms with Crippen LogP contribution >= 0.6 is 0 Å². The molecule has 2 aromatic rings. The summed E-state index contributed by atoms with van der Waals surface area (Å²) in [5.74, 6) is 0.214. The second-order valence-electron chi connectivity index (χ2n) is 5.60. The summed E-state index contributed by atoms with van der Waals surface area (Å²) in [4.78, 5) is 12.0. The van der Waals surface area contributed by atoms with E-state index in [2.05, 4.69) is 29.5 Å². The molecule has 1 unspecified atom stereocenters. The third kappa shape index (κ3) is 3.85. The lowest BCUT2D eigenvalue weighted by atomic mass is 10.0. The summed E-state index contributed by atoms with van der Waals surface area (Å²) in [6.07, 6.45) is 3.41. The molecular formula is C18H23N3O. The Kier molecular flexibility index (Phi) is 5.15. The number of benzene rings is 1. The fourth-order valence-corrected chi connectivity index (χ4v) is 2.40. The molecule has 2 rings (SSSR count). The predicted octanol–water partition coefficient (Wildman–Crippen LogP) is 2.97. The summed E-state index contributed by atoms with van der Waals surface area (Å²) < 4.78 is 1.82. The van der Waals surface area contributed by atoms with E-state index in [0.717, 1.165) is 17.0 Å². The van der Waals surface area contributed by atoms with Gasteiger partial charge in [-0.25, -0.2) is 0 Å². The Hall–Kier alpha value is -2.36. The number of hydrogen-bond donors (Lipinski definition) is 1. The number of carbonyl (C=O) groups is 1. The highest BCUT2D eigenvalue weighted by atomic mass is 16.1. The number of aromatic nitrogens is 2. The van der Waals surface area contributed by atoms with Crippen molar-refractivity contribution in [2.45, 2.75) is 26.7 Å². The topological polar surface area (TPSA) is 46.9 Å². The minimum atomic E-state index is -0.0783. The summed E-state index contributed by atoms with van der Waals surface area (Å²) >= 11 is 0. The number of aryl methyl sites for hydroxylation is 2. The van der Waals surface area contributed by atoms with Crippen LogP contribution in [0.5, 0.6) is 0 Å². The first-order valence-corrected chi connectivity index (χ1v) is 7.50. The molecule has 0 saturated carbocycles. The zero-order chi connectivity index (χ0) is 16.1. The number of nitrogens with one attached hydrogen (secondary N) is 1. The Morgan fingerprint density at radius 2 is 2.00 bits per heavy atom. The normalized spacial score (nSPS) is 12.5. The lowest BCUT2D eigenvalue weighted by Crippen LogP contribution is -2.25. The minimum Gasteiger partial charge on any atom is -0.352 e. The van der Waals surface area contributed by atoms with Crippen LogP contribution in [-0.2, 0) is 11.8 Å². The molecule has 0 radical (unpaired) electrons. The quantitative estimate of drug-likeness (QED) is 0.863. The van der Waals surface area contributed by atoms with Crippen LogP contribution < -0.4 is 5.32 Å². The van der Waals surface area contributed by atoms with E-state index in [1.807, 2.05) is 49.9 Å². The van der Waals surface area contributed by atoms with Crippen molar-refractivity contribution in [1.82, 2.24) is 15.1 Å². The van der Waals surface area contributed by atoms with E-state index in [1.54, 1.807) is 6.08 Å². The average Bonchev–Trinajstić information content (AvgIpc) is 2.76. The van der Waals surface area contributed by atoms with Gasteiger partial charge in [0.25, 0.3) is 0 Å². The molecule has 1 amide bonds. The van der Waals surface area contributed by atoms with E-state index in [1.165, 1.54) is 5.56 Å². The maximum Gasteiger partial charge on any atom is 0.244 e. The smallest absolute Gasteiger partial charge is 0.244 e. The van der Waals surface area contributed by atoms with E-state index >= 15 is 0 Å². The van der Waals surface area contributed by atoms with Crippen molar-refractivity contribution >= 4 is 12.0 Å². The largest absolute Gasteiger partial charge is 0.352 e. The highest BCUT2D eigenvalue weighted by Crippen LogP contribution is 2.14. The summed E-state index contributed by atoms with van der Waals surface area (Å²) in [6.45, 7) is 6.67. The molecule has 0 fully saturated rings. The first kappa shape index (κ1) is 16.0. The van der Waals surface area contributed by atoms with Crippen molar-refractivity contribution in [3.8, 4) is 0 Å². The summed E-state index contributed by atoms with van der Waals surface area (Å²) in [5, 5.41) is 7.28. The van der Waals surface area contributed by atoms with Crippen molar-refractivity contribution in [3.63, 3.8) is 0 Å². The number of rotatable bonds is 5. The zero-order valence-electron chi connectivity index (χ0n) is 13.6. The van der Waals surface area contributed by atoms with Crippen LogP contribution in [0.15, 0.2) is 36.4 Å². The van der Waals surface area contributed by atoms with Crippen LogP contribution in [0.1, 0.15) is 35.4 Å². The van der Waals surface area contributed by atoms with E-state index in [9.17, 15) is 4.79 Å². The number of carbonyl (C=O) groups excluding carboxylic acids is 1. The summed E-state index contributed by atoms with van der Waals surface area (Å²) in [5.41, 5.74) is 4.22. The summed E-state index contributed by atoms with van der Waals surface area (Å²) in [6, 6.07) is 10.2. The van der Waals surface area contributed by atoms with Gasteiger partial charge >= 0.3 is 0 Å². The zero-order valence-corrected chi connectivity index (χ0v) is 13.6. The van der Waals surface area contributed by atoms with Gasteiger partial charge in [0.15, 0.2) is 0 Å². The fourth-order valence-electron chi connectivity index (χ4n) is 2.40. The molecule has 0 saturated heterocycles. The Balaban J connectivity index is 1.92. The number of nitrogens with zero attached hydrogens (tertiary/aromatic N) is 2. The first-order valence-electron chi connectivity index (χ1n) is 7.50. The van der Waals surface area contributed by atoms with Crippen LogP contribution in [0.25, 0.3) is 6.08 Å². The molecule has 22 heavy (non-hydrogen) atoms. The van der Waals surface area contributed by atoms with Gasteiger partial charge in [0, 0.05) is 30.9 Å². The van der Waals surface area contributed by atoms with E-state index in [4.69, 9.17) is 0 Å². The Bertz CT molecular complexity index is 671. The molecule has 1 aromatic heterocycles. The first-order chi connectivity index (χ1) is 10.5. The van der Waals surface area contributed by atoms with Gasteiger partial charge in [0.2, 0.25) is 5.91 Å². The molecule has 0 aliphatic heterocycles. The molecule has 4 heteroatoms. The maximum absolute atomic E-state index is 12.0. The SMILES string of the molecule is Cc1nn(C)c(C)c1/C=C/C(=O)NCC(C)c1ccccc1. The predicted molar refractivity (Wildman–Crippen MR) is 89.6 cm³/mol. The second-order valence-corrected chi connectivity index (χ2v) is 5.60. The third-order valence-corrected chi connectivity index (χ3v) is 3.92. The Labute approximate surface area is 131 Å². The Morgan fingerprint density at radius 1 is 1.32 bits per heavy atom. The maximum atomic E-state index is 12.0. The molecule has 4 nitrogen and oxygen atoms in total. The van der Waals surface area contributed by atoms with Crippen molar-refractivity contribution in [2.75, 3.05) is 6.54 Å². The lowest BCUT2D eigenvalue weighted by molar-refractivity contribution is -0.116. The third-order valence-electron chi connectivity index (χ3n) is 3.92. The van der Waals surface area contributed by atoms with Gasteiger partial charge in [-0.3, -0.25) is 9.48 Å². The number of hydrogen-bond acceptors (Lipinski definition) is 2. The van der Waals surface area contributed by atoms with Crippen LogP contribution in [0.4, 0.5) is 0 Å². The molecule has 0 aliphatic carbocycles. The Morgan fingerprint density at radius 3 is 2.59 bits per heavy atom. The van der Waals surface area contributed by atoms with E-state index < -0.39 is 0 Å². The molecule has 1 N–H and O–H groups in total. The summed E-state index contributed by atoms with van der Waals surface area (Å²) in [7, 11) is 1.90. The molecule has 0 aliphatic rings.